The molecule has 0 saturated carbocycles. The van der Waals surface area contributed by atoms with Crippen molar-refractivity contribution in [2.24, 2.45) is 7.05 Å². The van der Waals surface area contributed by atoms with Crippen LogP contribution in [0.25, 0.3) is 10.9 Å². The summed E-state index contributed by atoms with van der Waals surface area (Å²) in [4.78, 5) is 15.2. The molecule has 0 aliphatic rings. The Morgan fingerprint density at radius 3 is 2.96 bits per heavy atom. The first-order chi connectivity index (χ1) is 11.1. The first kappa shape index (κ1) is 15.3. The molecule has 0 fully saturated rings. The smallest absolute Gasteiger partial charge is 0.220 e. The lowest BCUT2D eigenvalue weighted by Crippen LogP contribution is -2.22. The summed E-state index contributed by atoms with van der Waals surface area (Å²) in [6.07, 6.45) is 4.32. The zero-order valence-electron chi connectivity index (χ0n) is 13.6. The van der Waals surface area contributed by atoms with Gasteiger partial charge in [-0.3, -0.25) is 9.48 Å². The fourth-order valence-corrected chi connectivity index (χ4v) is 2.78. The Labute approximate surface area is 135 Å². The molecule has 23 heavy (non-hydrogen) atoms. The number of H-pyrrole nitrogens is 1. The van der Waals surface area contributed by atoms with Crippen molar-refractivity contribution < 1.29 is 4.79 Å². The fraction of sp³-hybridized carbons (Fsp3) is 0.333. The maximum atomic E-state index is 11.9. The number of aromatic nitrogens is 3. The van der Waals surface area contributed by atoms with E-state index in [4.69, 9.17) is 0 Å². The molecule has 2 N–H and O–H groups in total. The second kappa shape index (κ2) is 6.69. The molecule has 0 atom stereocenters. The number of hydrogen-bond acceptors (Lipinski definition) is 2. The van der Waals surface area contributed by atoms with E-state index in [1.54, 1.807) is 0 Å². The standard InChI is InChI=1S/C18H22N4O/c1-13-10-15(21-22(13)2)12-20-18(23)9-5-6-14-11-19-17-8-4-3-7-16(14)17/h3-4,7-8,10-11,19H,5-6,9,12H2,1-2H3,(H,20,23). The van der Waals surface area contributed by atoms with Crippen LogP contribution >= 0.6 is 0 Å². The molecule has 0 aliphatic heterocycles. The molecule has 0 aliphatic carbocycles. The summed E-state index contributed by atoms with van der Waals surface area (Å²) in [5.41, 5.74) is 4.41. The number of rotatable bonds is 6. The molecular formula is C18H22N4O. The molecule has 2 heterocycles. The highest BCUT2D eigenvalue weighted by Crippen LogP contribution is 2.19. The lowest BCUT2D eigenvalue weighted by Gasteiger charge is -2.03. The predicted octanol–water partition coefficient (Wildman–Crippen LogP) is 2.85. The first-order valence-electron chi connectivity index (χ1n) is 7.94. The summed E-state index contributed by atoms with van der Waals surface area (Å²) in [6, 6.07) is 10.2. The van der Waals surface area contributed by atoms with Crippen LogP contribution in [0.5, 0.6) is 0 Å². The third kappa shape index (κ3) is 3.62. The minimum Gasteiger partial charge on any atom is -0.361 e. The van der Waals surface area contributed by atoms with Gasteiger partial charge in [0.1, 0.15) is 0 Å². The van der Waals surface area contributed by atoms with Crippen molar-refractivity contribution in [1.29, 1.82) is 0 Å². The van der Waals surface area contributed by atoms with Gasteiger partial charge in [0.15, 0.2) is 0 Å². The molecule has 0 radical (unpaired) electrons. The maximum absolute atomic E-state index is 11.9. The van der Waals surface area contributed by atoms with Gasteiger partial charge in [-0.25, -0.2) is 0 Å². The number of carbonyl (C=O) groups excluding carboxylic acids is 1. The summed E-state index contributed by atoms with van der Waals surface area (Å²) in [6.45, 7) is 2.49. The van der Waals surface area contributed by atoms with Gasteiger partial charge < -0.3 is 10.3 Å². The molecule has 0 saturated heterocycles. The van der Waals surface area contributed by atoms with E-state index in [0.29, 0.717) is 13.0 Å². The highest BCUT2D eigenvalue weighted by molar-refractivity contribution is 5.83. The largest absolute Gasteiger partial charge is 0.361 e. The third-order valence-electron chi connectivity index (χ3n) is 4.16. The molecule has 5 heteroatoms. The van der Waals surface area contributed by atoms with Gasteiger partial charge in [0.05, 0.1) is 12.2 Å². The van der Waals surface area contributed by atoms with E-state index in [2.05, 4.69) is 27.5 Å². The number of carbonyl (C=O) groups is 1. The van der Waals surface area contributed by atoms with Crippen molar-refractivity contribution >= 4 is 16.8 Å². The van der Waals surface area contributed by atoms with Gasteiger partial charge in [-0.15, -0.1) is 0 Å². The Hall–Kier alpha value is -2.56. The molecular weight excluding hydrogens is 288 g/mol. The SMILES string of the molecule is Cc1cc(CNC(=O)CCCc2c[nH]c3ccccc23)nn1C. The van der Waals surface area contributed by atoms with Crippen LogP contribution in [0, 0.1) is 6.92 Å². The highest BCUT2D eigenvalue weighted by Gasteiger charge is 2.07. The zero-order valence-corrected chi connectivity index (χ0v) is 13.6. The second-order valence-electron chi connectivity index (χ2n) is 5.89. The van der Waals surface area contributed by atoms with Crippen LogP contribution in [0.2, 0.25) is 0 Å². The van der Waals surface area contributed by atoms with Crippen LogP contribution in [-0.2, 0) is 24.8 Å². The predicted molar refractivity (Wildman–Crippen MR) is 91.0 cm³/mol. The molecule has 5 nitrogen and oxygen atoms in total. The van der Waals surface area contributed by atoms with E-state index in [9.17, 15) is 4.79 Å². The van der Waals surface area contributed by atoms with Gasteiger partial charge in [-0.05, 0) is 37.5 Å². The zero-order chi connectivity index (χ0) is 16.2. The van der Waals surface area contributed by atoms with E-state index < -0.39 is 0 Å². The second-order valence-corrected chi connectivity index (χ2v) is 5.89. The van der Waals surface area contributed by atoms with Crippen molar-refractivity contribution in [3.05, 3.63) is 53.5 Å². The highest BCUT2D eigenvalue weighted by atomic mass is 16.1. The number of nitrogens with one attached hydrogen (secondary N) is 2. The average Bonchev–Trinajstić information content (AvgIpc) is 3.09. The summed E-state index contributed by atoms with van der Waals surface area (Å²) >= 11 is 0. The molecule has 0 bridgehead atoms. The van der Waals surface area contributed by atoms with Crippen molar-refractivity contribution in [3.8, 4) is 0 Å². The van der Waals surface area contributed by atoms with Gasteiger partial charge in [0.2, 0.25) is 5.91 Å². The van der Waals surface area contributed by atoms with Crippen LogP contribution in [-0.4, -0.2) is 20.7 Å². The molecule has 2 aromatic heterocycles. The number of fused-ring (bicyclic) bond motifs is 1. The Kier molecular flexibility index (Phi) is 4.46. The van der Waals surface area contributed by atoms with Crippen LogP contribution in [0.4, 0.5) is 0 Å². The third-order valence-corrected chi connectivity index (χ3v) is 4.16. The van der Waals surface area contributed by atoms with E-state index in [0.717, 1.165) is 29.7 Å². The summed E-state index contributed by atoms with van der Waals surface area (Å²) in [5, 5.41) is 8.52. The van der Waals surface area contributed by atoms with Gasteiger partial charge in [0, 0.05) is 36.3 Å². The van der Waals surface area contributed by atoms with E-state index >= 15 is 0 Å². The summed E-state index contributed by atoms with van der Waals surface area (Å²) in [7, 11) is 1.90. The van der Waals surface area contributed by atoms with E-state index in [1.165, 1.54) is 10.9 Å². The van der Waals surface area contributed by atoms with Crippen molar-refractivity contribution in [2.75, 3.05) is 0 Å². The molecule has 0 spiro atoms. The van der Waals surface area contributed by atoms with Crippen molar-refractivity contribution in [2.45, 2.75) is 32.7 Å². The van der Waals surface area contributed by atoms with Crippen molar-refractivity contribution in [3.63, 3.8) is 0 Å². The number of aromatic amines is 1. The number of aryl methyl sites for hydroxylation is 3. The Balaban J connectivity index is 1.46. The topological polar surface area (TPSA) is 62.7 Å². The summed E-state index contributed by atoms with van der Waals surface area (Å²) < 4.78 is 1.82. The molecule has 3 aromatic rings. The van der Waals surface area contributed by atoms with Gasteiger partial charge in [0.25, 0.3) is 0 Å². The van der Waals surface area contributed by atoms with E-state index in [1.807, 2.05) is 43.0 Å². The molecule has 3 rings (SSSR count). The lowest BCUT2D eigenvalue weighted by molar-refractivity contribution is -0.121. The minimum atomic E-state index is 0.0770. The molecule has 1 aromatic carbocycles. The summed E-state index contributed by atoms with van der Waals surface area (Å²) in [5.74, 6) is 0.0770. The van der Waals surface area contributed by atoms with Crippen LogP contribution in [0.1, 0.15) is 29.8 Å². The van der Waals surface area contributed by atoms with Crippen LogP contribution in [0.3, 0.4) is 0 Å². The molecule has 120 valence electrons. The average molecular weight is 310 g/mol. The molecule has 1 amide bonds. The quantitative estimate of drug-likeness (QED) is 0.735. The fourth-order valence-electron chi connectivity index (χ4n) is 2.78. The maximum Gasteiger partial charge on any atom is 0.220 e. The van der Waals surface area contributed by atoms with Crippen LogP contribution in [0.15, 0.2) is 36.5 Å². The number of amides is 1. The number of para-hydroxylation sites is 1. The Bertz CT molecular complexity index is 796. The Morgan fingerprint density at radius 1 is 1.35 bits per heavy atom. The lowest BCUT2D eigenvalue weighted by atomic mass is 10.1. The normalized spacial score (nSPS) is 11.0. The molecule has 0 unspecified atom stereocenters. The Morgan fingerprint density at radius 2 is 2.17 bits per heavy atom. The van der Waals surface area contributed by atoms with E-state index in [-0.39, 0.29) is 5.91 Å². The number of benzene rings is 1. The monoisotopic (exact) mass is 310 g/mol. The van der Waals surface area contributed by atoms with Crippen molar-refractivity contribution in [1.82, 2.24) is 20.1 Å². The first-order valence-corrected chi connectivity index (χ1v) is 7.94. The van der Waals surface area contributed by atoms with Crippen LogP contribution < -0.4 is 5.32 Å². The van der Waals surface area contributed by atoms with Gasteiger partial charge in [-0.2, -0.15) is 5.10 Å². The van der Waals surface area contributed by atoms with Gasteiger partial charge >= 0.3 is 0 Å². The van der Waals surface area contributed by atoms with Gasteiger partial charge in [-0.1, -0.05) is 18.2 Å². The number of hydrogen-bond donors (Lipinski definition) is 2. The minimum absolute atomic E-state index is 0.0770. The number of nitrogens with zero attached hydrogens (tertiary/aromatic N) is 2.